The summed E-state index contributed by atoms with van der Waals surface area (Å²) in [6.45, 7) is 7.92. The number of nitrogens with one attached hydrogen (secondary N) is 1. The normalized spacial score (nSPS) is 14.4. The van der Waals surface area contributed by atoms with Gasteiger partial charge in [0.25, 0.3) is 5.91 Å². The third kappa shape index (κ3) is 7.00. The lowest BCUT2D eigenvalue weighted by Gasteiger charge is -2.35. The molecule has 0 radical (unpaired) electrons. The fraction of sp³-hybridized carbons (Fsp3) is 0.393. The monoisotopic (exact) mass is 527 g/mol. The Labute approximate surface area is 220 Å². The first-order valence-corrected chi connectivity index (χ1v) is 12.8. The summed E-state index contributed by atoms with van der Waals surface area (Å²) >= 11 is 0. The molecular formula is C28H32F3N5O2. The SMILES string of the molecule is CCCNC(=O)c1ccc(N2CCN(Cc3cc(-c4cccc(OCC)c4)cc(C(F)(F)F)c3)CC2)nn1. The van der Waals surface area contributed by atoms with E-state index < -0.39 is 11.7 Å². The van der Waals surface area contributed by atoms with E-state index in [1.54, 1.807) is 36.4 Å². The molecule has 7 nitrogen and oxygen atoms in total. The van der Waals surface area contributed by atoms with Gasteiger partial charge >= 0.3 is 6.18 Å². The number of alkyl halides is 3. The second-order valence-corrected chi connectivity index (χ2v) is 9.17. The lowest BCUT2D eigenvalue weighted by atomic mass is 9.99. The van der Waals surface area contributed by atoms with Crippen molar-refractivity contribution >= 4 is 11.7 Å². The minimum atomic E-state index is -4.45. The molecule has 0 atom stereocenters. The average molecular weight is 528 g/mol. The second-order valence-electron chi connectivity index (χ2n) is 9.17. The number of hydrogen-bond acceptors (Lipinski definition) is 6. The van der Waals surface area contributed by atoms with Gasteiger partial charge in [0.2, 0.25) is 0 Å². The van der Waals surface area contributed by atoms with Gasteiger partial charge in [-0.15, -0.1) is 10.2 Å². The van der Waals surface area contributed by atoms with Gasteiger partial charge < -0.3 is 15.0 Å². The number of benzene rings is 2. The minimum Gasteiger partial charge on any atom is -0.494 e. The third-order valence-corrected chi connectivity index (χ3v) is 6.32. The van der Waals surface area contributed by atoms with E-state index in [9.17, 15) is 18.0 Å². The fourth-order valence-electron chi connectivity index (χ4n) is 4.38. The van der Waals surface area contributed by atoms with E-state index in [-0.39, 0.29) is 11.6 Å². The number of ether oxygens (including phenoxy) is 1. The van der Waals surface area contributed by atoms with Gasteiger partial charge in [-0.25, -0.2) is 0 Å². The van der Waals surface area contributed by atoms with Crippen LogP contribution in [0.5, 0.6) is 5.75 Å². The molecule has 2 aromatic carbocycles. The maximum atomic E-state index is 13.7. The van der Waals surface area contributed by atoms with Crippen molar-refractivity contribution in [3.63, 3.8) is 0 Å². The molecule has 0 bridgehead atoms. The number of amides is 1. The van der Waals surface area contributed by atoms with Crippen molar-refractivity contribution in [3.8, 4) is 16.9 Å². The van der Waals surface area contributed by atoms with Crippen molar-refractivity contribution in [1.29, 1.82) is 0 Å². The van der Waals surface area contributed by atoms with Gasteiger partial charge in [-0.1, -0.05) is 19.1 Å². The van der Waals surface area contributed by atoms with Crippen LogP contribution in [0.2, 0.25) is 0 Å². The van der Waals surface area contributed by atoms with Gasteiger partial charge in [-0.2, -0.15) is 13.2 Å². The molecule has 202 valence electrons. The Morgan fingerprint density at radius 1 is 0.974 bits per heavy atom. The topological polar surface area (TPSA) is 70.6 Å². The largest absolute Gasteiger partial charge is 0.494 e. The van der Waals surface area contributed by atoms with Crippen LogP contribution in [-0.4, -0.2) is 60.3 Å². The van der Waals surface area contributed by atoms with Gasteiger partial charge in [0.15, 0.2) is 11.5 Å². The number of aromatic nitrogens is 2. The molecule has 1 saturated heterocycles. The van der Waals surface area contributed by atoms with Gasteiger partial charge in [0.05, 0.1) is 12.2 Å². The van der Waals surface area contributed by atoms with Gasteiger partial charge in [0, 0.05) is 39.3 Å². The first kappa shape index (κ1) is 27.4. The van der Waals surface area contributed by atoms with Crippen LogP contribution < -0.4 is 15.0 Å². The summed E-state index contributed by atoms with van der Waals surface area (Å²) in [6.07, 6.45) is -3.61. The summed E-state index contributed by atoms with van der Waals surface area (Å²) in [5.41, 5.74) is 1.40. The standard InChI is InChI=1S/C28H32F3N5O2/c1-3-10-32-27(37)25-8-9-26(34-33-25)36-13-11-35(12-14-36)19-20-15-22(17-23(16-20)28(29,30)31)21-6-5-7-24(18-21)38-4-2/h5-9,15-18H,3-4,10-14,19H2,1-2H3,(H,32,37). The lowest BCUT2D eigenvalue weighted by Crippen LogP contribution is -2.46. The van der Waals surface area contributed by atoms with E-state index in [4.69, 9.17) is 4.74 Å². The highest BCUT2D eigenvalue weighted by Gasteiger charge is 2.31. The van der Waals surface area contributed by atoms with E-state index >= 15 is 0 Å². The van der Waals surface area contributed by atoms with Crippen molar-refractivity contribution in [1.82, 2.24) is 20.4 Å². The fourth-order valence-corrected chi connectivity index (χ4v) is 4.38. The summed E-state index contributed by atoms with van der Waals surface area (Å²) in [5.74, 6) is 1.05. The Kier molecular flexibility index (Phi) is 8.83. The molecule has 1 aliphatic rings. The maximum absolute atomic E-state index is 13.7. The van der Waals surface area contributed by atoms with Crippen LogP contribution in [0.1, 0.15) is 41.9 Å². The van der Waals surface area contributed by atoms with Crippen molar-refractivity contribution < 1.29 is 22.7 Å². The van der Waals surface area contributed by atoms with E-state index in [1.807, 2.05) is 19.9 Å². The Balaban J connectivity index is 1.44. The molecule has 1 amide bonds. The number of piperazine rings is 1. The molecule has 38 heavy (non-hydrogen) atoms. The maximum Gasteiger partial charge on any atom is 0.416 e. The van der Waals surface area contributed by atoms with Crippen molar-refractivity contribution in [2.75, 3.05) is 44.2 Å². The molecule has 0 saturated carbocycles. The molecule has 3 aromatic rings. The lowest BCUT2D eigenvalue weighted by molar-refractivity contribution is -0.137. The van der Waals surface area contributed by atoms with Crippen LogP contribution in [0.15, 0.2) is 54.6 Å². The molecule has 1 aliphatic heterocycles. The van der Waals surface area contributed by atoms with Crippen molar-refractivity contribution in [2.24, 2.45) is 0 Å². The average Bonchev–Trinajstić information content (AvgIpc) is 2.92. The molecule has 1 fully saturated rings. The quantitative estimate of drug-likeness (QED) is 0.421. The molecule has 2 heterocycles. The molecule has 0 unspecified atom stereocenters. The molecule has 1 N–H and O–H groups in total. The zero-order valence-electron chi connectivity index (χ0n) is 21.6. The van der Waals surface area contributed by atoms with Gasteiger partial charge in [-0.05, 0) is 72.5 Å². The first-order valence-electron chi connectivity index (χ1n) is 12.8. The highest BCUT2D eigenvalue weighted by atomic mass is 19.4. The molecule has 10 heteroatoms. The van der Waals surface area contributed by atoms with Crippen LogP contribution in [0.4, 0.5) is 19.0 Å². The van der Waals surface area contributed by atoms with Crippen LogP contribution >= 0.6 is 0 Å². The molecule has 1 aromatic heterocycles. The number of halogens is 3. The number of anilines is 1. The van der Waals surface area contributed by atoms with E-state index in [1.165, 1.54) is 12.1 Å². The van der Waals surface area contributed by atoms with Gasteiger partial charge in [0.1, 0.15) is 5.75 Å². The summed E-state index contributed by atoms with van der Waals surface area (Å²) < 4.78 is 46.7. The molecule has 0 spiro atoms. The smallest absolute Gasteiger partial charge is 0.416 e. The Hall–Kier alpha value is -3.66. The zero-order chi connectivity index (χ0) is 27.1. The van der Waals surface area contributed by atoms with Crippen molar-refractivity contribution in [2.45, 2.75) is 33.0 Å². The number of nitrogens with zero attached hydrogens (tertiary/aromatic N) is 4. The number of rotatable bonds is 9. The number of carbonyl (C=O) groups excluding carboxylic acids is 1. The first-order chi connectivity index (χ1) is 18.3. The Morgan fingerprint density at radius 2 is 1.76 bits per heavy atom. The number of hydrogen-bond donors (Lipinski definition) is 1. The Morgan fingerprint density at radius 3 is 2.42 bits per heavy atom. The van der Waals surface area contributed by atoms with E-state index in [2.05, 4.69) is 25.3 Å². The predicted octanol–water partition coefficient (Wildman–Crippen LogP) is 5.02. The summed E-state index contributed by atoms with van der Waals surface area (Å²) in [4.78, 5) is 16.2. The highest BCUT2D eigenvalue weighted by molar-refractivity contribution is 5.92. The number of carbonyl (C=O) groups is 1. The van der Waals surface area contributed by atoms with E-state index in [0.29, 0.717) is 74.1 Å². The third-order valence-electron chi connectivity index (χ3n) is 6.32. The summed E-state index contributed by atoms with van der Waals surface area (Å²) in [7, 11) is 0. The minimum absolute atomic E-state index is 0.249. The summed E-state index contributed by atoms with van der Waals surface area (Å²) in [5, 5.41) is 11.0. The van der Waals surface area contributed by atoms with Crippen LogP contribution in [0, 0.1) is 0 Å². The predicted molar refractivity (Wildman–Crippen MR) is 140 cm³/mol. The van der Waals surface area contributed by atoms with Crippen molar-refractivity contribution in [3.05, 3.63) is 71.4 Å². The van der Waals surface area contributed by atoms with Crippen LogP contribution in [-0.2, 0) is 12.7 Å². The molecule has 4 rings (SSSR count). The Bertz CT molecular complexity index is 1230. The second kappa shape index (κ2) is 12.3. The summed E-state index contributed by atoms with van der Waals surface area (Å²) in [6, 6.07) is 14.8. The molecule has 0 aliphatic carbocycles. The zero-order valence-corrected chi connectivity index (χ0v) is 21.6. The van der Waals surface area contributed by atoms with Crippen LogP contribution in [0.25, 0.3) is 11.1 Å². The van der Waals surface area contributed by atoms with Gasteiger partial charge in [-0.3, -0.25) is 9.69 Å². The van der Waals surface area contributed by atoms with Crippen LogP contribution in [0.3, 0.4) is 0 Å². The highest BCUT2D eigenvalue weighted by Crippen LogP contribution is 2.34. The van der Waals surface area contributed by atoms with E-state index in [0.717, 1.165) is 6.42 Å². The molecular weight excluding hydrogens is 495 g/mol.